The maximum absolute atomic E-state index is 11.3. The second kappa shape index (κ2) is 7.99. The van der Waals surface area contributed by atoms with Gasteiger partial charge in [0.05, 0.1) is 23.8 Å². The molecule has 1 N–H and O–H groups in total. The Labute approximate surface area is 139 Å². The lowest BCUT2D eigenvalue weighted by atomic mass is 10.2. The largest absolute Gasteiger partial charge is 0.488 e. The molecule has 0 spiro atoms. The summed E-state index contributed by atoms with van der Waals surface area (Å²) in [6, 6.07) is 13.0. The first-order chi connectivity index (χ1) is 11.5. The summed E-state index contributed by atoms with van der Waals surface area (Å²) in [5.74, 6) is 0.124. The molecule has 0 bridgehead atoms. The van der Waals surface area contributed by atoms with Gasteiger partial charge in [-0.05, 0) is 43.3 Å². The van der Waals surface area contributed by atoms with Crippen LogP contribution in [0.5, 0.6) is 17.2 Å². The molecule has 6 nitrogen and oxygen atoms in total. The predicted octanol–water partition coefficient (Wildman–Crippen LogP) is 3.46. The Balaban J connectivity index is 2.25. The van der Waals surface area contributed by atoms with Crippen molar-refractivity contribution in [1.82, 2.24) is 0 Å². The highest BCUT2D eigenvalue weighted by Gasteiger charge is 2.12. The molecule has 2 aromatic carbocycles. The summed E-state index contributed by atoms with van der Waals surface area (Å²) in [5.41, 5.74) is 0.569. The topological polar surface area (TPSA) is 88.8 Å². The van der Waals surface area contributed by atoms with E-state index in [0.29, 0.717) is 29.4 Å². The Kier molecular flexibility index (Phi) is 5.77. The molecule has 2 rings (SSSR count). The number of carboxylic acid groups (broad SMARTS) is 1. The van der Waals surface area contributed by atoms with Crippen molar-refractivity contribution in [3.63, 3.8) is 0 Å². The Morgan fingerprint density at radius 2 is 1.83 bits per heavy atom. The summed E-state index contributed by atoms with van der Waals surface area (Å²) in [7, 11) is 1.56. The van der Waals surface area contributed by atoms with Crippen LogP contribution in [-0.2, 0) is 4.74 Å². The van der Waals surface area contributed by atoms with Gasteiger partial charge in [-0.3, -0.25) is 0 Å². The maximum Gasteiger partial charge on any atom is 0.335 e. The van der Waals surface area contributed by atoms with Gasteiger partial charge in [-0.2, -0.15) is 5.26 Å². The van der Waals surface area contributed by atoms with Crippen LogP contribution in [-0.4, -0.2) is 30.9 Å². The molecule has 2 aromatic rings. The van der Waals surface area contributed by atoms with Gasteiger partial charge in [0, 0.05) is 13.2 Å². The molecule has 0 radical (unpaired) electrons. The molecule has 24 heavy (non-hydrogen) atoms. The van der Waals surface area contributed by atoms with Crippen molar-refractivity contribution in [3.8, 4) is 23.3 Å². The molecule has 0 amide bonds. The number of aromatic carboxylic acids is 1. The van der Waals surface area contributed by atoms with Crippen molar-refractivity contribution in [2.24, 2.45) is 0 Å². The fourth-order valence-electron chi connectivity index (χ4n) is 2.06. The first-order valence-electron chi connectivity index (χ1n) is 7.24. The standard InChI is InChI=1S/C18H17NO5/c1-12(11-22-2)23-16-7-14(18(20)21)8-17(9-16)24-15-5-3-13(10-19)4-6-15/h3-9,12H,11H2,1-2H3,(H,20,21)/t12-/m0/s1. The molecule has 0 aliphatic carbocycles. The normalized spacial score (nSPS) is 11.4. The smallest absolute Gasteiger partial charge is 0.335 e. The van der Waals surface area contributed by atoms with Crippen LogP contribution in [0.15, 0.2) is 42.5 Å². The van der Waals surface area contributed by atoms with Crippen LogP contribution in [0.1, 0.15) is 22.8 Å². The molecule has 1 atom stereocenters. The Morgan fingerprint density at radius 3 is 2.42 bits per heavy atom. The summed E-state index contributed by atoms with van der Waals surface area (Å²) in [6.07, 6.45) is -0.234. The zero-order chi connectivity index (χ0) is 17.5. The highest BCUT2D eigenvalue weighted by molar-refractivity contribution is 5.88. The lowest BCUT2D eigenvalue weighted by Crippen LogP contribution is -2.18. The average Bonchev–Trinajstić information content (AvgIpc) is 2.55. The number of carboxylic acids is 1. The molecule has 0 aliphatic rings. The van der Waals surface area contributed by atoms with Crippen LogP contribution >= 0.6 is 0 Å². The second-order valence-electron chi connectivity index (χ2n) is 5.12. The first-order valence-corrected chi connectivity index (χ1v) is 7.24. The first kappa shape index (κ1) is 17.3. The lowest BCUT2D eigenvalue weighted by Gasteiger charge is -2.15. The van der Waals surface area contributed by atoms with Crippen LogP contribution in [0, 0.1) is 11.3 Å². The van der Waals surface area contributed by atoms with Crippen molar-refractivity contribution in [1.29, 1.82) is 5.26 Å². The number of benzene rings is 2. The molecule has 124 valence electrons. The second-order valence-corrected chi connectivity index (χ2v) is 5.12. The van der Waals surface area contributed by atoms with E-state index in [4.69, 9.17) is 19.5 Å². The van der Waals surface area contributed by atoms with Gasteiger partial charge >= 0.3 is 5.97 Å². The fourth-order valence-corrected chi connectivity index (χ4v) is 2.06. The summed E-state index contributed by atoms with van der Waals surface area (Å²) >= 11 is 0. The third kappa shape index (κ3) is 4.73. The van der Waals surface area contributed by atoms with Gasteiger partial charge in [-0.25, -0.2) is 4.79 Å². The van der Waals surface area contributed by atoms with Gasteiger partial charge in [0.15, 0.2) is 0 Å². The van der Waals surface area contributed by atoms with Crippen LogP contribution in [0.3, 0.4) is 0 Å². The zero-order valence-electron chi connectivity index (χ0n) is 13.4. The van der Waals surface area contributed by atoms with Gasteiger partial charge in [0.1, 0.15) is 23.4 Å². The Bertz CT molecular complexity index is 749. The quantitative estimate of drug-likeness (QED) is 0.837. The van der Waals surface area contributed by atoms with Crippen LogP contribution < -0.4 is 9.47 Å². The molecule has 0 unspecified atom stereocenters. The van der Waals surface area contributed by atoms with Crippen LogP contribution in [0.25, 0.3) is 0 Å². The monoisotopic (exact) mass is 327 g/mol. The number of ether oxygens (including phenoxy) is 3. The number of methoxy groups -OCH3 is 1. The van der Waals surface area contributed by atoms with E-state index in [0.717, 1.165) is 0 Å². The van der Waals surface area contributed by atoms with Crippen molar-refractivity contribution in [2.75, 3.05) is 13.7 Å². The zero-order valence-corrected chi connectivity index (χ0v) is 13.4. The van der Waals surface area contributed by atoms with E-state index in [1.54, 1.807) is 37.4 Å². The maximum atomic E-state index is 11.3. The molecule has 0 fully saturated rings. The van der Waals surface area contributed by atoms with E-state index in [1.165, 1.54) is 12.1 Å². The fraction of sp³-hybridized carbons (Fsp3) is 0.222. The highest BCUT2D eigenvalue weighted by atomic mass is 16.5. The molecular formula is C18H17NO5. The van der Waals surface area contributed by atoms with E-state index in [2.05, 4.69) is 0 Å². The molecule has 6 heteroatoms. The molecular weight excluding hydrogens is 310 g/mol. The average molecular weight is 327 g/mol. The van der Waals surface area contributed by atoms with E-state index in [1.807, 2.05) is 13.0 Å². The highest BCUT2D eigenvalue weighted by Crippen LogP contribution is 2.28. The summed E-state index contributed by atoms with van der Waals surface area (Å²) in [5, 5.41) is 18.0. The van der Waals surface area contributed by atoms with Gasteiger partial charge in [-0.15, -0.1) is 0 Å². The SMILES string of the molecule is COC[C@H](C)Oc1cc(Oc2ccc(C#N)cc2)cc(C(=O)O)c1. The van der Waals surface area contributed by atoms with Crippen LogP contribution in [0.4, 0.5) is 0 Å². The van der Waals surface area contributed by atoms with Crippen molar-refractivity contribution in [2.45, 2.75) is 13.0 Å². The Morgan fingerprint density at radius 1 is 1.17 bits per heavy atom. The number of hydrogen-bond donors (Lipinski definition) is 1. The number of rotatable bonds is 7. The summed E-state index contributed by atoms with van der Waals surface area (Å²) < 4.78 is 16.3. The summed E-state index contributed by atoms with van der Waals surface area (Å²) in [6.45, 7) is 2.20. The minimum Gasteiger partial charge on any atom is -0.488 e. The van der Waals surface area contributed by atoms with Crippen LogP contribution in [0.2, 0.25) is 0 Å². The van der Waals surface area contributed by atoms with E-state index in [9.17, 15) is 9.90 Å². The molecule has 0 heterocycles. The van der Waals surface area contributed by atoms with Gasteiger partial charge in [0.25, 0.3) is 0 Å². The van der Waals surface area contributed by atoms with E-state index < -0.39 is 5.97 Å². The third-order valence-electron chi connectivity index (χ3n) is 3.08. The van der Waals surface area contributed by atoms with Gasteiger partial charge in [0.2, 0.25) is 0 Å². The minimum absolute atomic E-state index is 0.0563. The Hall–Kier alpha value is -3.04. The minimum atomic E-state index is -1.08. The lowest BCUT2D eigenvalue weighted by molar-refractivity contribution is 0.0693. The summed E-state index contributed by atoms with van der Waals surface area (Å²) in [4.78, 5) is 11.3. The van der Waals surface area contributed by atoms with Crippen molar-refractivity contribution >= 4 is 5.97 Å². The number of carbonyl (C=O) groups is 1. The van der Waals surface area contributed by atoms with E-state index in [-0.39, 0.29) is 11.7 Å². The van der Waals surface area contributed by atoms with Crippen molar-refractivity contribution in [3.05, 3.63) is 53.6 Å². The van der Waals surface area contributed by atoms with Gasteiger partial charge in [-0.1, -0.05) is 0 Å². The third-order valence-corrected chi connectivity index (χ3v) is 3.08. The molecule has 0 aromatic heterocycles. The number of hydrogen-bond acceptors (Lipinski definition) is 5. The molecule has 0 aliphatic heterocycles. The van der Waals surface area contributed by atoms with Gasteiger partial charge < -0.3 is 19.3 Å². The molecule has 0 saturated heterocycles. The molecule has 0 saturated carbocycles. The van der Waals surface area contributed by atoms with Crippen molar-refractivity contribution < 1.29 is 24.1 Å². The van der Waals surface area contributed by atoms with E-state index >= 15 is 0 Å². The number of nitriles is 1. The predicted molar refractivity (Wildman–Crippen MR) is 86.6 cm³/mol. The number of nitrogens with zero attached hydrogens (tertiary/aromatic N) is 1.